The lowest BCUT2D eigenvalue weighted by molar-refractivity contribution is 0.483. The Morgan fingerprint density at radius 3 is 1.64 bits per heavy atom. The van der Waals surface area contributed by atoms with E-state index in [1.165, 1.54) is 17.8 Å². The van der Waals surface area contributed by atoms with Crippen LogP contribution in [0.1, 0.15) is 0 Å². The van der Waals surface area contributed by atoms with Gasteiger partial charge >= 0.3 is 0 Å². The zero-order chi connectivity index (χ0) is 15.6. The fraction of sp³-hybridized carbons (Fsp3) is 0.250. The zero-order valence-electron chi connectivity index (χ0n) is 12.1. The second-order valence-corrected chi connectivity index (χ2v) is 6.70. The Bertz CT molecular complexity index is 722. The Balaban J connectivity index is 1.66. The standard InChI is InChI=1S/C16H18N2O3S/c19-22(20,21)16-8-6-15(7-9-16)18-12-10-17(11-13-18)14-4-2-1-3-5-14/h1-9H,10-13H2,(H,19,20,21). The van der Waals surface area contributed by atoms with Crippen molar-refractivity contribution in [3.63, 3.8) is 0 Å². The third-order valence-corrected chi connectivity index (χ3v) is 4.77. The first-order valence-electron chi connectivity index (χ1n) is 7.16. The fourth-order valence-corrected chi connectivity index (χ4v) is 3.17. The molecule has 1 aliphatic heterocycles. The van der Waals surface area contributed by atoms with Gasteiger partial charge in [-0.05, 0) is 36.4 Å². The van der Waals surface area contributed by atoms with Crippen LogP contribution in [0.25, 0.3) is 0 Å². The minimum absolute atomic E-state index is 0.0702. The van der Waals surface area contributed by atoms with Gasteiger partial charge in [0.1, 0.15) is 0 Å². The van der Waals surface area contributed by atoms with Crippen molar-refractivity contribution in [2.75, 3.05) is 36.0 Å². The van der Waals surface area contributed by atoms with Gasteiger partial charge in [0.05, 0.1) is 4.90 Å². The van der Waals surface area contributed by atoms with Crippen LogP contribution in [0.15, 0.2) is 59.5 Å². The maximum absolute atomic E-state index is 11.1. The molecule has 2 aromatic rings. The number of hydrogen-bond donors (Lipinski definition) is 1. The molecule has 22 heavy (non-hydrogen) atoms. The van der Waals surface area contributed by atoms with Crippen molar-refractivity contribution >= 4 is 21.5 Å². The van der Waals surface area contributed by atoms with Crippen molar-refractivity contribution in [3.05, 3.63) is 54.6 Å². The Kier molecular flexibility index (Phi) is 4.04. The first-order valence-corrected chi connectivity index (χ1v) is 8.60. The number of para-hydroxylation sites is 1. The molecule has 0 aliphatic carbocycles. The molecule has 0 saturated carbocycles. The molecule has 2 aromatic carbocycles. The van der Waals surface area contributed by atoms with Crippen LogP contribution in [0, 0.1) is 0 Å². The summed E-state index contributed by atoms with van der Waals surface area (Å²) in [6, 6.07) is 16.7. The third-order valence-electron chi connectivity index (χ3n) is 3.90. The topological polar surface area (TPSA) is 60.9 Å². The normalized spacial score (nSPS) is 15.9. The minimum Gasteiger partial charge on any atom is -0.368 e. The molecule has 1 aliphatic rings. The summed E-state index contributed by atoms with van der Waals surface area (Å²) in [6.45, 7) is 3.59. The Morgan fingerprint density at radius 2 is 1.18 bits per heavy atom. The Morgan fingerprint density at radius 1 is 0.727 bits per heavy atom. The number of piperazine rings is 1. The van der Waals surface area contributed by atoms with Gasteiger partial charge in [-0.15, -0.1) is 0 Å². The summed E-state index contributed by atoms with van der Waals surface area (Å²) in [6.07, 6.45) is 0. The lowest BCUT2D eigenvalue weighted by Gasteiger charge is -2.37. The van der Waals surface area contributed by atoms with Crippen LogP contribution in [0.2, 0.25) is 0 Å². The average Bonchev–Trinajstić information content (AvgIpc) is 2.55. The summed E-state index contributed by atoms with van der Waals surface area (Å²) in [7, 11) is -4.12. The van der Waals surface area contributed by atoms with Crippen LogP contribution in [0.5, 0.6) is 0 Å². The van der Waals surface area contributed by atoms with Crippen molar-refractivity contribution in [3.8, 4) is 0 Å². The summed E-state index contributed by atoms with van der Waals surface area (Å²) in [4.78, 5) is 4.48. The molecule has 1 saturated heterocycles. The maximum atomic E-state index is 11.1. The minimum atomic E-state index is -4.12. The third kappa shape index (κ3) is 3.23. The first kappa shape index (κ1) is 14.9. The molecule has 0 radical (unpaired) electrons. The highest BCUT2D eigenvalue weighted by Crippen LogP contribution is 2.21. The highest BCUT2D eigenvalue weighted by molar-refractivity contribution is 7.85. The summed E-state index contributed by atoms with van der Waals surface area (Å²) in [5.74, 6) is 0. The van der Waals surface area contributed by atoms with Crippen LogP contribution in [0.3, 0.4) is 0 Å². The highest BCUT2D eigenvalue weighted by atomic mass is 32.2. The molecule has 0 bridgehead atoms. The second kappa shape index (κ2) is 5.98. The molecule has 0 atom stereocenters. The molecule has 1 fully saturated rings. The van der Waals surface area contributed by atoms with Crippen molar-refractivity contribution in [2.45, 2.75) is 4.90 Å². The van der Waals surface area contributed by atoms with E-state index in [9.17, 15) is 8.42 Å². The van der Waals surface area contributed by atoms with Crippen LogP contribution >= 0.6 is 0 Å². The first-order chi connectivity index (χ1) is 10.5. The molecular weight excluding hydrogens is 300 g/mol. The van der Waals surface area contributed by atoms with Crippen molar-refractivity contribution < 1.29 is 13.0 Å². The molecule has 3 rings (SSSR count). The van der Waals surface area contributed by atoms with Gasteiger partial charge in [-0.25, -0.2) is 0 Å². The van der Waals surface area contributed by atoms with Gasteiger partial charge in [0, 0.05) is 37.6 Å². The monoisotopic (exact) mass is 318 g/mol. The predicted molar refractivity (Wildman–Crippen MR) is 87.1 cm³/mol. The summed E-state index contributed by atoms with van der Waals surface area (Å²) in [5.41, 5.74) is 2.20. The molecule has 1 N–H and O–H groups in total. The van der Waals surface area contributed by atoms with Crippen LogP contribution in [-0.2, 0) is 10.1 Å². The fourth-order valence-electron chi connectivity index (χ4n) is 2.69. The van der Waals surface area contributed by atoms with E-state index in [-0.39, 0.29) is 4.90 Å². The molecular formula is C16H18N2O3S. The van der Waals surface area contributed by atoms with Gasteiger partial charge in [-0.1, -0.05) is 18.2 Å². The number of hydrogen-bond acceptors (Lipinski definition) is 4. The smallest absolute Gasteiger partial charge is 0.294 e. The van der Waals surface area contributed by atoms with Crippen molar-refractivity contribution in [1.82, 2.24) is 0 Å². The van der Waals surface area contributed by atoms with E-state index in [0.29, 0.717) is 0 Å². The van der Waals surface area contributed by atoms with E-state index in [1.807, 2.05) is 18.2 Å². The lowest BCUT2D eigenvalue weighted by atomic mass is 10.2. The molecule has 1 heterocycles. The molecule has 6 heteroatoms. The van der Waals surface area contributed by atoms with Crippen LogP contribution in [0.4, 0.5) is 11.4 Å². The van der Waals surface area contributed by atoms with E-state index in [1.54, 1.807) is 12.1 Å². The highest BCUT2D eigenvalue weighted by Gasteiger charge is 2.18. The lowest BCUT2D eigenvalue weighted by Crippen LogP contribution is -2.46. The quantitative estimate of drug-likeness (QED) is 0.880. The molecule has 0 unspecified atom stereocenters. The average molecular weight is 318 g/mol. The molecule has 0 amide bonds. The van der Waals surface area contributed by atoms with E-state index in [0.717, 1.165) is 31.9 Å². The van der Waals surface area contributed by atoms with Crippen LogP contribution < -0.4 is 9.80 Å². The van der Waals surface area contributed by atoms with Gasteiger partial charge in [-0.3, -0.25) is 4.55 Å². The van der Waals surface area contributed by atoms with E-state index in [2.05, 4.69) is 21.9 Å². The largest absolute Gasteiger partial charge is 0.368 e. The number of anilines is 2. The maximum Gasteiger partial charge on any atom is 0.294 e. The molecule has 0 spiro atoms. The van der Waals surface area contributed by atoms with Gasteiger partial charge in [0.25, 0.3) is 10.1 Å². The molecule has 5 nitrogen and oxygen atoms in total. The van der Waals surface area contributed by atoms with Gasteiger partial charge < -0.3 is 9.80 Å². The van der Waals surface area contributed by atoms with Gasteiger partial charge in [0.15, 0.2) is 0 Å². The molecule has 0 aromatic heterocycles. The van der Waals surface area contributed by atoms with Gasteiger partial charge in [-0.2, -0.15) is 8.42 Å². The molecule has 116 valence electrons. The number of benzene rings is 2. The van der Waals surface area contributed by atoms with Crippen LogP contribution in [-0.4, -0.2) is 39.1 Å². The summed E-state index contributed by atoms with van der Waals surface area (Å²) in [5, 5.41) is 0. The van der Waals surface area contributed by atoms with E-state index >= 15 is 0 Å². The summed E-state index contributed by atoms with van der Waals surface area (Å²) < 4.78 is 31.1. The Labute approximate surface area is 130 Å². The van der Waals surface area contributed by atoms with Crippen molar-refractivity contribution in [1.29, 1.82) is 0 Å². The SMILES string of the molecule is O=S(=O)(O)c1ccc(N2CCN(c3ccccc3)CC2)cc1. The Hall–Kier alpha value is -2.05. The number of nitrogens with zero attached hydrogens (tertiary/aromatic N) is 2. The van der Waals surface area contributed by atoms with Crippen molar-refractivity contribution in [2.24, 2.45) is 0 Å². The van der Waals surface area contributed by atoms with E-state index in [4.69, 9.17) is 4.55 Å². The zero-order valence-corrected chi connectivity index (χ0v) is 12.9. The summed E-state index contributed by atoms with van der Waals surface area (Å²) >= 11 is 0. The van der Waals surface area contributed by atoms with Gasteiger partial charge in [0.2, 0.25) is 0 Å². The predicted octanol–water partition coefficient (Wildman–Crippen LogP) is 2.26. The number of rotatable bonds is 3. The second-order valence-electron chi connectivity index (χ2n) is 5.28. The van der Waals surface area contributed by atoms with E-state index < -0.39 is 10.1 Å².